The monoisotopic (exact) mass is 159 g/mol. The van der Waals surface area contributed by atoms with E-state index in [1.165, 1.54) is 7.11 Å². The molecule has 0 N–H and O–H groups in total. The van der Waals surface area contributed by atoms with Gasteiger partial charge >= 0.3 is 6.09 Å². The molecule has 1 unspecified atom stereocenters. The summed E-state index contributed by atoms with van der Waals surface area (Å²) in [7, 11) is 1.41. The molecule has 0 aromatic carbocycles. The fourth-order valence-corrected chi connectivity index (χ4v) is 0.958. The van der Waals surface area contributed by atoms with Gasteiger partial charge < -0.3 is 9.64 Å². The number of carbonyl (C=O) groups excluding carboxylic acids is 1. The van der Waals surface area contributed by atoms with E-state index in [0.717, 1.165) is 6.42 Å². The molecule has 3 heteroatoms. The lowest BCUT2D eigenvalue weighted by atomic mass is 10.2. The quantitative estimate of drug-likeness (QED) is 0.629. The Kier molecular flexibility index (Phi) is 4.66. The van der Waals surface area contributed by atoms with Gasteiger partial charge in [-0.1, -0.05) is 6.92 Å². The highest BCUT2D eigenvalue weighted by molar-refractivity contribution is 5.67. The zero-order valence-electron chi connectivity index (χ0n) is 7.76. The number of methoxy groups -OCH3 is 1. The maximum Gasteiger partial charge on any atom is 0.409 e. The van der Waals surface area contributed by atoms with E-state index in [0.29, 0.717) is 6.54 Å². The van der Waals surface area contributed by atoms with Crippen molar-refractivity contribution in [2.24, 2.45) is 0 Å². The summed E-state index contributed by atoms with van der Waals surface area (Å²) in [6.45, 7) is 6.72. The number of hydrogen-bond acceptors (Lipinski definition) is 2. The molecule has 0 aromatic rings. The van der Waals surface area contributed by atoms with Crippen LogP contribution in [0.2, 0.25) is 0 Å². The third-order valence-electron chi connectivity index (χ3n) is 1.87. The summed E-state index contributed by atoms with van der Waals surface area (Å²) in [4.78, 5) is 12.8. The molecule has 0 saturated carbocycles. The van der Waals surface area contributed by atoms with Gasteiger partial charge in [0, 0.05) is 12.6 Å². The minimum absolute atomic E-state index is 0.234. The van der Waals surface area contributed by atoms with Crippen molar-refractivity contribution in [2.75, 3.05) is 13.7 Å². The Morgan fingerprint density at radius 2 is 2.09 bits per heavy atom. The molecule has 0 spiro atoms. The van der Waals surface area contributed by atoms with Crippen LogP contribution in [0.1, 0.15) is 27.2 Å². The van der Waals surface area contributed by atoms with Crippen molar-refractivity contribution in [2.45, 2.75) is 33.2 Å². The van der Waals surface area contributed by atoms with E-state index in [9.17, 15) is 4.79 Å². The molecule has 0 bridgehead atoms. The van der Waals surface area contributed by atoms with Gasteiger partial charge in [0.2, 0.25) is 0 Å². The Bertz CT molecular complexity index is 125. The third-order valence-corrected chi connectivity index (χ3v) is 1.87. The molecule has 0 fully saturated rings. The minimum Gasteiger partial charge on any atom is -0.453 e. The van der Waals surface area contributed by atoms with Crippen LogP contribution in [0.4, 0.5) is 4.79 Å². The van der Waals surface area contributed by atoms with Gasteiger partial charge in [-0.05, 0) is 20.3 Å². The summed E-state index contributed by atoms with van der Waals surface area (Å²) in [5, 5.41) is 0. The predicted molar refractivity (Wildman–Crippen MR) is 44.5 cm³/mol. The van der Waals surface area contributed by atoms with Crippen LogP contribution in [0.15, 0.2) is 0 Å². The summed E-state index contributed by atoms with van der Waals surface area (Å²) in [5.74, 6) is 0. The summed E-state index contributed by atoms with van der Waals surface area (Å²) in [6, 6.07) is 0.271. The van der Waals surface area contributed by atoms with Crippen LogP contribution < -0.4 is 0 Å². The van der Waals surface area contributed by atoms with Crippen molar-refractivity contribution in [1.29, 1.82) is 0 Å². The van der Waals surface area contributed by atoms with E-state index >= 15 is 0 Å². The first kappa shape index (κ1) is 10.3. The van der Waals surface area contributed by atoms with E-state index in [1.807, 2.05) is 13.8 Å². The summed E-state index contributed by atoms with van der Waals surface area (Å²) < 4.78 is 4.61. The topological polar surface area (TPSA) is 29.5 Å². The molecule has 0 rings (SSSR count). The van der Waals surface area contributed by atoms with Gasteiger partial charge in [-0.2, -0.15) is 0 Å². The van der Waals surface area contributed by atoms with Gasteiger partial charge in [-0.3, -0.25) is 0 Å². The van der Waals surface area contributed by atoms with Crippen molar-refractivity contribution < 1.29 is 9.53 Å². The fourth-order valence-electron chi connectivity index (χ4n) is 0.958. The largest absolute Gasteiger partial charge is 0.453 e. The first-order chi connectivity index (χ1) is 5.17. The molecular formula is C8H17NO2. The van der Waals surface area contributed by atoms with Crippen LogP contribution in [-0.4, -0.2) is 30.7 Å². The fraction of sp³-hybridized carbons (Fsp3) is 0.875. The summed E-state index contributed by atoms with van der Waals surface area (Å²) in [5.41, 5.74) is 0. The van der Waals surface area contributed by atoms with Crippen LogP contribution in [0, 0.1) is 0 Å². The molecule has 3 nitrogen and oxygen atoms in total. The normalized spacial score (nSPS) is 12.4. The van der Waals surface area contributed by atoms with Gasteiger partial charge in [-0.25, -0.2) is 4.79 Å². The lowest BCUT2D eigenvalue weighted by Gasteiger charge is -2.25. The second-order valence-electron chi connectivity index (χ2n) is 2.51. The molecular weight excluding hydrogens is 142 g/mol. The van der Waals surface area contributed by atoms with Crippen molar-refractivity contribution in [3.05, 3.63) is 0 Å². The Morgan fingerprint density at radius 1 is 1.55 bits per heavy atom. The number of amides is 1. The van der Waals surface area contributed by atoms with Crippen LogP contribution in [0.5, 0.6) is 0 Å². The molecule has 0 aliphatic heterocycles. The van der Waals surface area contributed by atoms with Crippen molar-refractivity contribution in [1.82, 2.24) is 4.90 Å². The molecule has 11 heavy (non-hydrogen) atoms. The van der Waals surface area contributed by atoms with Gasteiger partial charge in [0.05, 0.1) is 7.11 Å². The highest BCUT2D eigenvalue weighted by Crippen LogP contribution is 2.04. The maximum absolute atomic E-state index is 11.0. The average Bonchev–Trinajstić information content (AvgIpc) is 2.05. The van der Waals surface area contributed by atoms with Crippen LogP contribution in [0.25, 0.3) is 0 Å². The zero-order valence-corrected chi connectivity index (χ0v) is 7.76. The molecule has 0 aromatic heterocycles. The van der Waals surface area contributed by atoms with E-state index in [4.69, 9.17) is 0 Å². The first-order valence-corrected chi connectivity index (χ1v) is 4.01. The Balaban J connectivity index is 4.03. The molecule has 0 aliphatic carbocycles. The molecule has 66 valence electrons. The van der Waals surface area contributed by atoms with E-state index < -0.39 is 0 Å². The van der Waals surface area contributed by atoms with Crippen LogP contribution >= 0.6 is 0 Å². The SMILES string of the molecule is CCC(C)N(CC)C(=O)OC. The highest BCUT2D eigenvalue weighted by Gasteiger charge is 2.16. The number of rotatable bonds is 3. The minimum atomic E-state index is -0.234. The Labute approximate surface area is 68.3 Å². The van der Waals surface area contributed by atoms with Crippen molar-refractivity contribution in [3.63, 3.8) is 0 Å². The molecule has 0 heterocycles. The molecule has 1 atom stereocenters. The predicted octanol–water partition coefficient (Wildman–Crippen LogP) is 1.87. The van der Waals surface area contributed by atoms with E-state index in [2.05, 4.69) is 11.7 Å². The number of ether oxygens (including phenoxy) is 1. The number of nitrogens with zero attached hydrogens (tertiary/aromatic N) is 1. The first-order valence-electron chi connectivity index (χ1n) is 4.01. The van der Waals surface area contributed by atoms with Gasteiger partial charge in [-0.15, -0.1) is 0 Å². The number of carbonyl (C=O) groups is 1. The van der Waals surface area contributed by atoms with Gasteiger partial charge in [0.25, 0.3) is 0 Å². The lowest BCUT2D eigenvalue weighted by molar-refractivity contribution is 0.110. The average molecular weight is 159 g/mol. The Morgan fingerprint density at radius 3 is 2.36 bits per heavy atom. The zero-order chi connectivity index (χ0) is 8.85. The molecule has 0 aliphatic rings. The molecule has 1 amide bonds. The van der Waals surface area contributed by atoms with Gasteiger partial charge in [0.1, 0.15) is 0 Å². The van der Waals surface area contributed by atoms with Crippen molar-refractivity contribution in [3.8, 4) is 0 Å². The molecule has 0 radical (unpaired) electrons. The van der Waals surface area contributed by atoms with Crippen LogP contribution in [-0.2, 0) is 4.74 Å². The maximum atomic E-state index is 11.0. The number of hydrogen-bond donors (Lipinski definition) is 0. The third kappa shape index (κ3) is 2.78. The summed E-state index contributed by atoms with van der Waals surface area (Å²) >= 11 is 0. The van der Waals surface area contributed by atoms with Gasteiger partial charge in [0.15, 0.2) is 0 Å². The van der Waals surface area contributed by atoms with E-state index in [1.54, 1.807) is 4.90 Å². The molecule has 0 saturated heterocycles. The van der Waals surface area contributed by atoms with Crippen molar-refractivity contribution >= 4 is 6.09 Å². The highest BCUT2D eigenvalue weighted by atomic mass is 16.5. The second kappa shape index (κ2) is 4.99. The standard InChI is InChI=1S/C8H17NO2/c1-5-7(3)9(6-2)8(10)11-4/h7H,5-6H2,1-4H3. The lowest BCUT2D eigenvalue weighted by Crippen LogP contribution is -2.37. The smallest absolute Gasteiger partial charge is 0.409 e. The second-order valence-corrected chi connectivity index (χ2v) is 2.51. The summed E-state index contributed by atoms with van der Waals surface area (Å²) in [6.07, 6.45) is 0.727. The van der Waals surface area contributed by atoms with E-state index in [-0.39, 0.29) is 12.1 Å². The van der Waals surface area contributed by atoms with Crippen LogP contribution in [0.3, 0.4) is 0 Å². The Hall–Kier alpha value is -0.730.